The molecule has 1 heterocycles. The first-order valence-electron chi connectivity index (χ1n) is 8.68. The Morgan fingerprint density at radius 2 is 1.79 bits per heavy atom. The molecule has 2 N–H and O–H groups in total. The first-order valence-corrected chi connectivity index (χ1v) is 8.68. The minimum Gasteiger partial charge on any atom is -0.465 e. The number of nitrogens with zero attached hydrogens (tertiary/aromatic N) is 2. The number of nitrogens with one attached hydrogen (secondary N) is 2. The first-order chi connectivity index (χ1) is 13.5. The molecule has 0 aliphatic carbocycles. The number of hydrogen-bond acceptors (Lipinski definition) is 6. The number of amides is 1. The molecule has 0 bridgehead atoms. The van der Waals surface area contributed by atoms with Crippen molar-refractivity contribution in [2.75, 3.05) is 12.4 Å². The van der Waals surface area contributed by atoms with Gasteiger partial charge in [0.1, 0.15) is 17.3 Å². The predicted octanol–water partition coefficient (Wildman–Crippen LogP) is 3.25. The Morgan fingerprint density at radius 3 is 2.54 bits per heavy atom. The SMILES string of the molecule is COC(=O)c1cccc(Nc2cc(C(=O)NCc3ccccc3)nc(C)n2)c1. The maximum Gasteiger partial charge on any atom is 0.337 e. The Labute approximate surface area is 162 Å². The second-order valence-electron chi connectivity index (χ2n) is 6.05. The molecule has 7 nitrogen and oxygen atoms in total. The maximum absolute atomic E-state index is 12.5. The van der Waals surface area contributed by atoms with Crippen molar-refractivity contribution < 1.29 is 14.3 Å². The van der Waals surface area contributed by atoms with Gasteiger partial charge < -0.3 is 15.4 Å². The second kappa shape index (κ2) is 8.77. The Balaban J connectivity index is 1.74. The summed E-state index contributed by atoms with van der Waals surface area (Å²) in [4.78, 5) is 32.7. The molecule has 0 radical (unpaired) electrons. The average molecular weight is 376 g/mol. The number of rotatable bonds is 6. The lowest BCUT2D eigenvalue weighted by atomic mass is 10.2. The standard InChI is InChI=1S/C21H20N4O3/c1-14-23-18(20(26)22-13-15-7-4-3-5-8-15)12-19(24-14)25-17-10-6-9-16(11-17)21(27)28-2/h3-12H,13H2,1-2H3,(H,22,26)(H,23,24,25). The predicted molar refractivity (Wildman–Crippen MR) is 105 cm³/mol. The van der Waals surface area contributed by atoms with Crippen LogP contribution in [0.25, 0.3) is 0 Å². The fraction of sp³-hybridized carbons (Fsp3) is 0.143. The molecule has 0 unspecified atom stereocenters. The van der Waals surface area contributed by atoms with Crippen LogP contribution < -0.4 is 10.6 Å². The van der Waals surface area contributed by atoms with Crippen LogP contribution in [-0.2, 0) is 11.3 Å². The highest BCUT2D eigenvalue weighted by Crippen LogP contribution is 2.17. The van der Waals surface area contributed by atoms with Crippen LogP contribution >= 0.6 is 0 Å². The van der Waals surface area contributed by atoms with E-state index in [0.717, 1.165) is 5.56 Å². The second-order valence-corrected chi connectivity index (χ2v) is 6.05. The molecule has 0 atom stereocenters. The summed E-state index contributed by atoms with van der Waals surface area (Å²) >= 11 is 0. The average Bonchev–Trinajstić information content (AvgIpc) is 2.72. The quantitative estimate of drug-likeness (QED) is 0.642. The lowest BCUT2D eigenvalue weighted by molar-refractivity contribution is 0.0600. The molecule has 1 amide bonds. The van der Waals surface area contributed by atoms with Crippen LogP contribution in [0, 0.1) is 6.92 Å². The molecular weight excluding hydrogens is 356 g/mol. The lowest BCUT2D eigenvalue weighted by Gasteiger charge is -2.10. The monoisotopic (exact) mass is 376 g/mol. The third kappa shape index (κ3) is 4.91. The molecule has 2 aromatic carbocycles. The van der Waals surface area contributed by atoms with Crippen LogP contribution in [0.3, 0.4) is 0 Å². The molecule has 28 heavy (non-hydrogen) atoms. The van der Waals surface area contributed by atoms with Crippen molar-refractivity contribution in [2.45, 2.75) is 13.5 Å². The van der Waals surface area contributed by atoms with E-state index >= 15 is 0 Å². The van der Waals surface area contributed by atoms with Crippen molar-refractivity contribution >= 4 is 23.4 Å². The van der Waals surface area contributed by atoms with E-state index < -0.39 is 5.97 Å². The van der Waals surface area contributed by atoms with Gasteiger partial charge in [0.2, 0.25) is 0 Å². The van der Waals surface area contributed by atoms with E-state index in [9.17, 15) is 9.59 Å². The smallest absolute Gasteiger partial charge is 0.337 e. The largest absolute Gasteiger partial charge is 0.465 e. The molecule has 0 fully saturated rings. The normalized spacial score (nSPS) is 10.2. The maximum atomic E-state index is 12.5. The van der Waals surface area contributed by atoms with Crippen LogP contribution in [0.2, 0.25) is 0 Å². The van der Waals surface area contributed by atoms with Gasteiger partial charge in [-0.05, 0) is 30.7 Å². The summed E-state index contributed by atoms with van der Waals surface area (Å²) in [6.07, 6.45) is 0. The number of aryl methyl sites for hydroxylation is 1. The van der Waals surface area contributed by atoms with E-state index in [1.54, 1.807) is 37.3 Å². The third-order valence-electron chi connectivity index (χ3n) is 3.92. The van der Waals surface area contributed by atoms with E-state index in [0.29, 0.717) is 29.4 Å². The van der Waals surface area contributed by atoms with Crippen molar-refractivity contribution in [2.24, 2.45) is 0 Å². The van der Waals surface area contributed by atoms with Gasteiger partial charge in [0.25, 0.3) is 5.91 Å². The highest BCUT2D eigenvalue weighted by atomic mass is 16.5. The summed E-state index contributed by atoms with van der Waals surface area (Å²) in [5.74, 6) is 0.197. The topological polar surface area (TPSA) is 93.2 Å². The molecule has 0 aliphatic rings. The van der Waals surface area contributed by atoms with Crippen LogP contribution in [-0.4, -0.2) is 29.0 Å². The molecule has 142 valence electrons. The summed E-state index contributed by atoms with van der Waals surface area (Å²) in [5, 5.41) is 5.94. The highest BCUT2D eigenvalue weighted by Gasteiger charge is 2.11. The van der Waals surface area contributed by atoms with Crippen molar-refractivity contribution in [3.63, 3.8) is 0 Å². The summed E-state index contributed by atoms with van der Waals surface area (Å²) in [6, 6.07) is 18.0. The fourth-order valence-electron chi connectivity index (χ4n) is 2.61. The van der Waals surface area contributed by atoms with Gasteiger partial charge in [-0.25, -0.2) is 14.8 Å². The van der Waals surface area contributed by atoms with Crippen LogP contribution in [0.5, 0.6) is 0 Å². The van der Waals surface area contributed by atoms with E-state index in [1.807, 2.05) is 30.3 Å². The molecule has 0 spiro atoms. The van der Waals surface area contributed by atoms with Gasteiger partial charge in [0.15, 0.2) is 0 Å². The minimum absolute atomic E-state index is 0.259. The number of aromatic nitrogens is 2. The number of methoxy groups -OCH3 is 1. The van der Waals surface area contributed by atoms with Gasteiger partial charge in [-0.2, -0.15) is 0 Å². The number of benzene rings is 2. The van der Waals surface area contributed by atoms with Gasteiger partial charge in [0.05, 0.1) is 12.7 Å². The van der Waals surface area contributed by atoms with Crippen LogP contribution in [0.15, 0.2) is 60.7 Å². The Morgan fingerprint density at radius 1 is 1.00 bits per heavy atom. The zero-order valence-electron chi connectivity index (χ0n) is 15.6. The Bertz CT molecular complexity index is 990. The summed E-state index contributed by atoms with van der Waals surface area (Å²) in [6.45, 7) is 2.12. The molecule has 1 aromatic heterocycles. The number of carbonyl (C=O) groups is 2. The number of esters is 1. The van der Waals surface area contributed by atoms with Gasteiger partial charge in [-0.3, -0.25) is 4.79 Å². The Kier molecular flexibility index (Phi) is 5.96. The molecule has 0 saturated carbocycles. The van der Waals surface area contributed by atoms with Crippen LogP contribution in [0.4, 0.5) is 11.5 Å². The minimum atomic E-state index is -0.427. The van der Waals surface area contributed by atoms with E-state index in [-0.39, 0.29) is 11.6 Å². The van der Waals surface area contributed by atoms with Crippen molar-refractivity contribution in [1.82, 2.24) is 15.3 Å². The fourth-order valence-corrected chi connectivity index (χ4v) is 2.61. The van der Waals surface area contributed by atoms with Crippen molar-refractivity contribution in [3.05, 3.63) is 83.3 Å². The molecule has 7 heteroatoms. The lowest BCUT2D eigenvalue weighted by Crippen LogP contribution is -2.24. The molecule has 0 saturated heterocycles. The highest BCUT2D eigenvalue weighted by molar-refractivity contribution is 5.93. The summed E-state index contributed by atoms with van der Waals surface area (Å²) < 4.78 is 4.73. The van der Waals surface area contributed by atoms with Crippen LogP contribution in [0.1, 0.15) is 32.2 Å². The van der Waals surface area contributed by atoms with Crippen molar-refractivity contribution in [1.29, 1.82) is 0 Å². The zero-order valence-corrected chi connectivity index (χ0v) is 15.6. The first kappa shape index (κ1) is 19.0. The Hall–Kier alpha value is -3.74. The van der Waals surface area contributed by atoms with E-state index in [1.165, 1.54) is 7.11 Å². The van der Waals surface area contributed by atoms with E-state index in [4.69, 9.17) is 4.74 Å². The number of anilines is 2. The molecular formula is C21H20N4O3. The number of hydrogen-bond donors (Lipinski definition) is 2. The molecule has 3 aromatic rings. The number of ether oxygens (including phenoxy) is 1. The van der Waals surface area contributed by atoms with Gasteiger partial charge in [0, 0.05) is 18.3 Å². The summed E-state index contributed by atoms with van der Waals surface area (Å²) in [5.41, 5.74) is 2.32. The molecule has 0 aliphatic heterocycles. The van der Waals surface area contributed by atoms with Crippen molar-refractivity contribution in [3.8, 4) is 0 Å². The third-order valence-corrected chi connectivity index (χ3v) is 3.92. The number of carbonyl (C=O) groups excluding carboxylic acids is 2. The summed E-state index contributed by atoms with van der Waals surface area (Å²) in [7, 11) is 1.33. The van der Waals surface area contributed by atoms with Gasteiger partial charge in [-0.1, -0.05) is 36.4 Å². The zero-order chi connectivity index (χ0) is 19.9. The van der Waals surface area contributed by atoms with Gasteiger partial charge in [-0.15, -0.1) is 0 Å². The van der Waals surface area contributed by atoms with Gasteiger partial charge >= 0.3 is 5.97 Å². The van der Waals surface area contributed by atoms with E-state index in [2.05, 4.69) is 20.6 Å². The molecule has 3 rings (SSSR count).